The number of phenols is 1. The van der Waals surface area contributed by atoms with E-state index in [4.69, 9.17) is 9.15 Å². The van der Waals surface area contributed by atoms with Crippen molar-refractivity contribution < 1.29 is 19.1 Å². The molecule has 1 aromatic carbocycles. The van der Waals surface area contributed by atoms with E-state index in [-0.39, 0.29) is 11.8 Å². The van der Waals surface area contributed by atoms with E-state index in [9.17, 15) is 9.90 Å². The first-order valence-corrected chi connectivity index (χ1v) is 4.77. The van der Waals surface area contributed by atoms with Gasteiger partial charge in [0.15, 0.2) is 5.58 Å². The van der Waals surface area contributed by atoms with Gasteiger partial charge in [-0.15, -0.1) is 0 Å². The van der Waals surface area contributed by atoms with Crippen LogP contribution in [0.3, 0.4) is 0 Å². The molecule has 0 aliphatic heterocycles. The van der Waals surface area contributed by atoms with Gasteiger partial charge in [-0.25, -0.2) is 0 Å². The Kier molecular flexibility index (Phi) is 2.30. The van der Waals surface area contributed by atoms with Crippen molar-refractivity contribution in [2.45, 2.75) is 20.8 Å². The molecule has 1 N–H and O–H groups in total. The van der Waals surface area contributed by atoms with Crippen LogP contribution in [0.15, 0.2) is 10.5 Å². The number of hydrogen-bond acceptors (Lipinski definition) is 5. The lowest BCUT2D eigenvalue weighted by molar-refractivity contribution is -0.133. The van der Waals surface area contributed by atoms with Crippen LogP contribution in [0.25, 0.3) is 11.1 Å². The maximum Gasteiger partial charge on any atom is 0.402 e. The number of fused-ring (bicyclic) bond motifs is 1. The fourth-order valence-corrected chi connectivity index (χ4v) is 1.52. The molecule has 5 nitrogen and oxygen atoms in total. The van der Waals surface area contributed by atoms with Crippen LogP contribution in [0.1, 0.15) is 18.1 Å². The highest BCUT2D eigenvalue weighted by Crippen LogP contribution is 2.31. The molecule has 0 saturated carbocycles. The van der Waals surface area contributed by atoms with E-state index < -0.39 is 5.97 Å². The summed E-state index contributed by atoms with van der Waals surface area (Å²) in [6, 6.07) is 1.65. The van der Waals surface area contributed by atoms with E-state index in [2.05, 4.69) is 4.98 Å². The standard InChI is InChI=1S/C11H11NO4/c1-5-4-8-9(6(2)10(5)14)12-11(16-8)15-7(3)13/h4,14H,1-3H3. The first-order valence-electron chi connectivity index (χ1n) is 4.77. The molecule has 84 valence electrons. The summed E-state index contributed by atoms with van der Waals surface area (Å²) in [5.74, 6) is -0.319. The highest BCUT2D eigenvalue weighted by Gasteiger charge is 2.14. The number of hydrogen-bond donors (Lipinski definition) is 1. The van der Waals surface area contributed by atoms with Gasteiger partial charge >= 0.3 is 12.0 Å². The maximum atomic E-state index is 10.7. The first-order chi connectivity index (χ1) is 7.49. The number of oxazole rings is 1. The SMILES string of the molecule is CC(=O)Oc1nc2c(C)c(O)c(C)cc2o1. The number of nitrogens with zero attached hydrogens (tertiary/aromatic N) is 1. The molecule has 0 fully saturated rings. The van der Waals surface area contributed by atoms with Crippen LogP contribution in [0, 0.1) is 13.8 Å². The number of benzene rings is 1. The van der Waals surface area contributed by atoms with Crippen molar-refractivity contribution in [3.8, 4) is 11.8 Å². The smallest absolute Gasteiger partial charge is 0.402 e. The summed E-state index contributed by atoms with van der Waals surface area (Å²) in [5.41, 5.74) is 2.29. The number of aryl methyl sites for hydroxylation is 2. The molecule has 0 atom stereocenters. The van der Waals surface area contributed by atoms with E-state index in [0.717, 1.165) is 0 Å². The predicted molar refractivity (Wildman–Crippen MR) is 56.5 cm³/mol. The monoisotopic (exact) mass is 221 g/mol. The Hall–Kier alpha value is -2.04. The topological polar surface area (TPSA) is 72.6 Å². The van der Waals surface area contributed by atoms with E-state index in [1.807, 2.05) is 0 Å². The summed E-state index contributed by atoms with van der Waals surface area (Å²) < 4.78 is 9.97. The van der Waals surface area contributed by atoms with Crippen molar-refractivity contribution in [1.82, 2.24) is 4.98 Å². The van der Waals surface area contributed by atoms with Gasteiger partial charge in [0.25, 0.3) is 0 Å². The molecular weight excluding hydrogens is 210 g/mol. The Labute approximate surface area is 91.7 Å². The van der Waals surface area contributed by atoms with Crippen molar-refractivity contribution in [2.24, 2.45) is 0 Å². The quantitative estimate of drug-likeness (QED) is 0.746. The predicted octanol–water partition coefficient (Wildman–Crippen LogP) is 2.08. The van der Waals surface area contributed by atoms with Gasteiger partial charge in [-0.2, -0.15) is 4.98 Å². The van der Waals surface area contributed by atoms with Crippen molar-refractivity contribution in [1.29, 1.82) is 0 Å². The summed E-state index contributed by atoms with van der Waals surface area (Å²) in [6.45, 7) is 4.75. The Morgan fingerprint density at radius 3 is 2.81 bits per heavy atom. The number of carbonyl (C=O) groups is 1. The molecule has 0 saturated heterocycles. The minimum Gasteiger partial charge on any atom is -0.507 e. The van der Waals surface area contributed by atoms with Gasteiger partial charge in [0.1, 0.15) is 11.3 Å². The van der Waals surface area contributed by atoms with Crippen molar-refractivity contribution in [3.05, 3.63) is 17.2 Å². The Morgan fingerprint density at radius 1 is 1.50 bits per heavy atom. The zero-order valence-corrected chi connectivity index (χ0v) is 9.20. The average molecular weight is 221 g/mol. The molecular formula is C11H11NO4. The second-order valence-corrected chi connectivity index (χ2v) is 3.59. The third-order valence-electron chi connectivity index (χ3n) is 2.30. The zero-order valence-electron chi connectivity index (χ0n) is 9.20. The lowest BCUT2D eigenvalue weighted by Gasteiger charge is -2.01. The van der Waals surface area contributed by atoms with Gasteiger partial charge in [-0.3, -0.25) is 4.79 Å². The summed E-state index contributed by atoms with van der Waals surface area (Å²) in [5, 5.41) is 9.71. The van der Waals surface area contributed by atoms with E-state index >= 15 is 0 Å². The molecule has 0 amide bonds. The fourth-order valence-electron chi connectivity index (χ4n) is 1.52. The number of aromatic nitrogens is 1. The van der Waals surface area contributed by atoms with Crippen molar-refractivity contribution in [2.75, 3.05) is 0 Å². The second-order valence-electron chi connectivity index (χ2n) is 3.59. The van der Waals surface area contributed by atoms with Gasteiger partial charge in [-0.05, 0) is 25.5 Å². The van der Waals surface area contributed by atoms with Crippen LogP contribution in [0.2, 0.25) is 0 Å². The third-order valence-corrected chi connectivity index (χ3v) is 2.30. The summed E-state index contributed by atoms with van der Waals surface area (Å²) in [4.78, 5) is 14.7. The Bertz CT molecular complexity index is 571. The highest BCUT2D eigenvalue weighted by molar-refractivity contribution is 5.81. The molecule has 0 aliphatic rings. The van der Waals surface area contributed by atoms with Gasteiger partial charge in [0, 0.05) is 12.5 Å². The van der Waals surface area contributed by atoms with Crippen LogP contribution in [-0.2, 0) is 4.79 Å². The molecule has 5 heteroatoms. The minimum absolute atomic E-state index is 0.101. The van der Waals surface area contributed by atoms with Crippen molar-refractivity contribution >= 4 is 17.1 Å². The molecule has 0 spiro atoms. The summed E-state index contributed by atoms with van der Waals surface area (Å²) in [7, 11) is 0. The van der Waals surface area contributed by atoms with Crippen LogP contribution in [0.4, 0.5) is 0 Å². The number of rotatable bonds is 1. The van der Waals surface area contributed by atoms with Gasteiger partial charge < -0.3 is 14.3 Å². The molecule has 0 unspecified atom stereocenters. The van der Waals surface area contributed by atoms with Crippen LogP contribution in [0.5, 0.6) is 11.8 Å². The zero-order chi connectivity index (χ0) is 11.9. The first kappa shape index (κ1) is 10.5. The molecule has 2 rings (SSSR count). The number of phenolic OH excluding ortho intramolecular Hbond substituents is 1. The number of aromatic hydroxyl groups is 1. The third kappa shape index (κ3) is 1.60. The number of carbonyl (C=O) groups excluding carboxylic acids is 1. The lowest BCUT2D eigenvalue weighted by Crippen LogP contribution is -2.00. The maximum absolute atomic E-state index is 10.7. The van der Waals surface area contributed by atoms with E-state index in [1.165, 1.54) is 6.92 Å². The van der Waals surface area contributed by atoms with Crippen LogP contribution >= 0.6 is 0 Å². The molecule has 0 bridgehead atoms. The molecule has 1 heterocycles. The Morgan fingerprint density at radius 2 is 2.19 bits per heavy atom. The van der Waals surface area contributed by atoms with Crippen LogP contribution < -0.4 is 4.74 Å². The molecule has 1 aromatic heterocycles. The van der Waals surface area contributed by atoms with Crippen LogP contribution in [-0.4, -0.2) is 16.1 Å². The summed E-state index contributed by atoms with van der Waals surface area (Å²) >= 11 is 0. The average Bonchev–Trinajstić information content (AvgIpc) is 2.56. The van der Waals surface area contributed by atoms with Gasteiger partial charge in [-0.1, -0.05) is 0 Å². The Balaban J connectivity index is 2.62. The fraction of sp³-hybridized carbons (Fsp3) is 0.273. The van der Waals surface area contributed by atoms with Gasteiger partial charge in [0.05, 0.1) is 0 Å². The lowest BCUT2D eigenvalue weighted by atomic mass is 10.1. The number of ether oxygens (including phenoxy) is 1. The van der Waals surface area contributed by atoms with E-state index in [1.54, 1.807) is 19.9 Å². The molecule has 16 heavy (non-hydrogen) atoms. The molecule has 0 radical (unpaired) electrons. The number of esters is 1. The molecule has 2 aromatic rings. The van der Waals surface area contributed by atoms with E-state index in [0.29, 0.717) is 22.2 Å². The largest absolute Gasteiger partial charge is 0.507 e. The normalized spacial score (nSPS) is 10.7. The van der Waals surface area contributed by atoms with Gasteiger partial charge in [0.2, 0.25) is 0 Å². The minimum atomic E-state index is -0.495. The highest BCUT2D eigenvalue weighted by atomic mass is 16.6. The summed E-state index contributed by atoms with van der Waals surface area (Å²) in [6.07, 6.45) is -0.101. The van der Waals surface area contributed by atoms with Crippen molar-refractivity contribution in [3.63, 3.8) is 0 Å². The second kappa shape index (κ2) is 3.52. The molecule has 0 aliphatic carbocycles.